The van der Waals surface area contributed by atoms with Gasteiger partial charge >= 0.3 is 0 Å². The Morgan fingerprint density at radius 1 is 0.767 bits per heavy atom. The number of allylic oxidation sites excluding steroid dienone is 4. The zero-order chi connectivity index (χ0) is 21.2. The second-order valence-electron chi connectivity index (χ2n) is 6.96. The molecule has 0 aliphatic carbocycles. The Labute approximate surface area is 178 Å². The summed E-state index contributed by atoms with van der Waals surface area (Å²) in [5.41, 5.74) is 18.3. The number of anilines is 1. The van der Waals surface area contributed by atoms with Crippen molar-refractivity contribution in [1.29, 1.82) is 0 Å². The summed E-state index contributed by atoms with van der Waals surface area (Å²) in [5, 5.41) is 8.66. The SMILES string of the molecule is C=C/C=C(N)\C=C/Cc1ccc(/N=N/c2ccc(Cc3ccc(N)cc3)cc2)cc1. The molecule has 0 radical (unpaired) electrons. The number of nitrogens with two attached hydrogens (primary N) is 2. The molecule has 0 atom stereocenters. The first kappa shape index (κ1) is 20.8. The van der Waals surface area contributed by atoms with Gasteiger partial charge in [0.1, 0.15) is 0 Å². The molecule has 0 bridgehead atoms. The van der Waals surface area contributed by atoms with Gasteiger partial charge in [-0.2, -0.15) is 10.2 Å². The molecular weight excluding hydrogens is 368 g/mol. The Morgan fingerprint density at radius 3 is 1.80 bits per heavy atom. The lowest BCUT2D eigenvalue weighted by Crippen LogP contribution is -1.91. The van der Waals surface area contributed by atoms with Crippen LogP contribution in [0.2, 0.25) is 0 Å². The minimum atomic E-state index is 0.690. The van der Waals surface area contributed by atoms with Crippen LogP contribution >= 0.6 is 0 Å². The number of nitrogen functional groups attached to an aromatic ring is 1. The molecule has 150 valence electrons. The highest BCUT2D eigenvalue weighted by atomic mass is 15.1. The monoisotopic (exact) mass is 394 g/mol. The molecule has 4 nitrogen and oxygen atoms in total. The number of hydrogen-bond acceptors (Lipinski definition) is 4. The highest BCUT2D eigenvalue weighted by molar-refractivity contribution is 5.44. The van der Waals surface area contributed by atoms with Crippen LogP contribution in [0.15, 0.2) is 120 Å². The number of rotatable bonds is 8. The predicted octanol–water partition coefficient (Wildman–Crippen LogP) is 6.40. The average molecular weight is 395 g/mol. The summed E-state index contributed by atoms with van der Waals surface area (Å²) in [6, 6.07) is 24.1. The van der Waals surface area contributed by atoms with E-state index >= 15 is 0 Å². The van der Waals surface area contributed by atoms with E-state index in [9.17, 15) is 0 Å². The van der Waals surface area contributed by atoms with Gasteiger partial charge in [-0.05, 0) is 78.1 Å². The third kappa shape index (κ3) is 6.60. The lowest BCUT2D eigenvalue weighted by atomic mass is 10.0. The van der Waals surface area contributed by atoms with Crippen molar-refractivity contribution in [2.24, 2.45) is 16.0 Å². The topological polar surface area (TPSA) is 76.8 Å². The van der Waals surface area contributed by atoms with E-state index in [2.05, 4.69) is 41.1 Å². The van der Waals surface area contributed by atoms with Crippen LogP contribution in [-0.4, -0.2) is 0 Å². The van der Waals surface area contributed by atoms with Gasteiger partial charge in [-0.25, -0.2) is 0 Å². The summed E-state index contributed by atoms with van der Waals surface area (Å²) >= 11 is 0. The van der Waals surface area contributed by atoms with Gasteiger partial charge in [0.2, 0.25) is 0 Å². The summed E-state index contributed by atoms with van der Waals surface area (Å²) in [4.78, 5) is 0. The van der Waals surface area contributed by atoms with Crippen LogP contribution in [0, 0.1) is 0 Å². The molecule has 3 rings (SSSR count). The molecular formula is C26H26N4. The highest BCUT2D eigenvalue weighted by Gasteiger charge is 1.98. The van der Waals surface area contributed by atoms with Crippen molar-refractivity contribution in [3.8, 4) is 0 Å². The Kier molecular flexibility index (Phi) is 7.34. The molecule has 3 aromatic carbocycles. The normalized spacial score (nSPS) is 11.9. The first-order valence-corrected chi connectivity index (χ1v) is 9.81. The van der Waals surface area contributed by atoms with Gasteiger partial charge in [-0.15, -0.1) is 0 Å². The molecule has 0 unspecified atom stereocenters. The van der Waals surface area contributed by atoms with Gasteiger partial charge in [-0.3, -0.25) is 0 Å². The summed E-state index contributed by atoms with van der Waals surface area (Å²) < 4.78 is 0. The Morgan fingerprint density at radius 2 is 1.27 bits per heavy atom. The van der Waals surface area contributed by atoms with Crippen molar-refractivity contribution < 1.29 is 0 Å². The van der Waals surface area contributed by atoms with Gasteiger partial charge in [-0.1, -0.05) is 55.1 Å². The molecule has 4 heteroatoms. The molecule has 0 saturated heterocycles. The summed E-state index contributed by atoms with van der Waals surface area (Å²) in [6.45, 7) is 3.63. The zero-order valence-corrected chi connectivity index (χ0v) is 16.9. The Hall–Kier alpha value is -3.92. The van der Waals surface area contributed by atoms with E-state index in [0.29, 0.717) is 5.70 Å². The van der Waals surface area contributed by atoms with E-state index in [4.69, 9.17) is 11.5 Å². The van der Waals surface area contributed by atoms with Crippen molar-refractivity contribution in [3.63, 3.8) is 0 Å². The Balaban J connectivity index is 1.55. The first-order valence-electron chi connectivity index (χ1n) is 9.81. The fourth-order valence-electron chi connectivity index (χ4n) is 2.89. The van der Waals surface area contributed by atoms with Crippen LogP contribution in [0.3, 0.4) is 0 Å². The fourth-order valence-corrected chi connectivity index (χ4v) is 2.89. The molecule has 0 amide bonds. The van der Waals surface area contributed by atoms with Crippen LogP contribution in [0.25, 0.3) is 0 Å². The molecule has 30 heavy (non-hydrogen) atoms. The molecule has 0 fully saturated rings. The quantitative estimate of drug-likeness (QED) is 0.263. The third-order valence-corrected chi connectivity index (χ3v) is 4.52. The summed E-state index contributed by atoms with van der Waals surface area (Å²) in [7, 11) is 0. The van der Waals surface area contributed by atoms with E-state index in [-0.39, 0.29) is 0 Å². The number of azo groups is 1. The van der Waals surface area contributed by atoms with Crippen molar-refractivity contribution in [1.82, 2.24) is 0 Å². The summed E-state index contributed by atoms with van der Waals surface area (Å²) in [5.74, 6) is 0. The highest BCUT2D eigenvalue weighted by Crippen LogP contribution is 2.21. The molecule has 3 aromatic rings. The van der Waals surface area contributed by atoms with Crippen LogP contribution in [-0.2, 0) is 12.8 Å². The second-order valence-corrected chi connectivity index (χ2v) is 6.96. The lowest BCUT2D eigenvalue weighted by Gasteiger charge is -2.03. The zero-order valence-electron chi connectivity index (χ0n) is 16.9. The first-order chi connectivity index (χ1) is 14.6. The molecule has 0 spiro atoms. The van der Waals surface area contributed by atoms with E-state index in [1.54, 1.807) is 12.2 Å². The third-order valence-electron chi connectivity index (χ3n) is 4.52. The summed E-state index contributed by atoms with van der Waals surface area (Å²) in [6.07, 6.45) is 9.02. The van der Waals surface area contributed by atoms with Gasteiger partial charge in [0, 0.05) is 11.4 Å². The second kappa shape index (κ2) is 10.6. The Bertz CT molecular complexity index is 1040. The van der Waals surface area contributed by atoms with E-state index in [1.165, 1.54) is 16.7 Å². The maximum atomic E-state index is 5.79. The molecule has 0 aromatic heterocycles. The van der Waals surface area contributed by atoms with Crippen molar-refractivity contribution in [2.45, 2.75) is 12.8 Å². The van der Waals surface area contributed by atoms with Gasteiger partial charge < -0.3 is 11.5 Å². The van der Waals surface area contributed by atoms with Crippen LogP contribution in [0.4, 0.5) is 17.1 Å². The maximum absolute atomic E-state index is 5.79. The standard InChI is InChI=1S/C26H26N4/c1-2-4-23(27)6-3-5-20-9-15-25(16-10-20)29-30-26-17-11-22(12-18-26)19-21-7-13-24(28)14-8-21/h2-4,6-18H,1,5,19,27-28H2/b6-3-,23-4+,30-29+. The predicted molar refractivity (Wildman–Crippen MR) is 126 cm³/mol. The van der Waals surface area contributed by atoms with E-state index < -0.39 is 0 Å². The largest absolute Gasteiger partial charge is 0.399 e. The molecule has 0 saturated carbocycles. The van der Waals surface area contributed by atoms with Crippen LogP contribution in [0.1, 0.15) is 16.7 Å². The fraction of sp³-hybridized carbons (Fsp3) is 0.0769. The number of benzene rings is 3. The van der Waals surface area contributed by atoms with Crippen molar-refractivity contribution in [2.75, 3.05) is 5.73 Å². The molecule has 0 heterocycles. The average Bonchev–Trinajstić information content (AvgIpc) is 2.76. The molecule has 4 N–H and O–H groups in total. The van der Waals surface area contributed by atoms with Gasteiger partial charge in [0.15, 0.2) is 0 Å². The minimum absolute atomic E-state index is 0.690. The lowest BCUT2D eigenvalue weighted by molar-refractivity contribution is 1.18. The van der Waals surface area contributed by atoms with Gasteiger partial charge in [0.25, 0.3) is 0 Å². The van der Waals surface area contributed by atoms with Crippen LogP contribution < -0.4 is 11.5 Å². The maximum Gasteiger partial charge on any atom is 0.0857 e. The number of nitrogens with zero attached hydrogens (tertiary/aromatic N) is 2. The molecule has 0 aliphatic rings. The van der Waals surface area contributed by atoms with Gasteiger partial charge in [0.05, 0.1) is 11.4 Å². The van der Waals surface area contributed by atoms with Crippen molar-refractivity contribution >= 4 is 17.1 Å². The minimum Gasteiger partial charge on any atom is -0.399 e. The molecule has 0 aliphatic heterocycles. The number of hydrogen-bond donors (Lipinski definition) is 2. The van der Waals surface area contributed by atoms with E-state index in [0.717, 1.165) is 29.9 Å². The van der Waals surface area contributed by atoms with E-state index in [1.807, 2.05) is 60.7 Å². The smallest absolute Gasteiger partial charge is 0.0857 e. The van der Waals surface area contributed by atoms with Crippen molar-refractivity contribution in [3.05, 3.63) is 126 Å². The van der Waals surface area contributed by atoms with Crippen LogP contribution in [0.5, 0.6) is 0 Å².